The molecule has 0 unspecified atom stereocenters. The second-order valence-electron chi connectivity index (χ2n) is 11.3. The summed E-state index contributed by atoms with van der Waals surface area (Å²) in [6, 6.07) is 30.0. The summed E-state index contributed by atoms with van der Waals surface area (Å²) in [7, 11) is 3.87. The largest absolute Gasteiger partial charge is 0.366 e. The predicted molar refractivity (Wildman–Crippen MR) is 191 cm³/mol. The summed E-state index contributed by atoms with van der Waals surface area (Å²) in [6.45, 7) is 4.12. The average molecular weight is 639 g/mol. The topological polar surface area (TPSA) is 158 Å². The Bertz CT molecular complexity index is 2020. The minimum Gasteiger partial charge on any atom is -0.366 e. The average Bonchev–Trinajstić information content (AvgIpc) is 3.50. The summed E-state index contributed by atoms with van der Waals surface area (Å²) in [5.41, 5.74) is 4.68. The molecule has 0 atom stereocenters. The van der Waals surface area contributed by atoms with E-state index in [1.165, 1.54) is 0 Å². The van der Waals surface area contributed by atoms with E-state index in [9.17, 15) is 31.6 Å². The highest BCUT2D eigenvalue weighted by atomic mass is 15.1. The molecule has 0 heterocycles. The lowest BCUT2D eigenvalue weighted by atomic mass is 9.90. The van der Waals surface area contributed by atoms with Gasteiger partial charge in [-0.1, -0.05) is 98.8 Å². The van der Waals surface area contributed by atoms with Gasteiger partial charge < -0.3 is 4.90 Å². The van der Waals surface area contributed by atoms with Gasteiger partial charge in [0.05, 0.1) is 41.1 Å². The molecule has 0 fully saturated rings. The fraction of sp³-hybridized carbons (Fsp3) is 0.195. The van der Waals surface area contributed by atoms with Crippen molar-refractivity contribution < 1.29 is 0 Å². The van der Waals surface area contributed by atoms with Crippen LogP contribution in [0.15, 0.2) is 136 Å². The Morgan fingerprint density at radius 3 is 1.90 bits per heavy atom. The van der Waals surface area contributed by atoms with Gasteiger partial charge in [0.25, 0.3) is 0 Å². The van der Waals surface area contributed by atoms with Crippen LogP contribution < -0.4 is 0 Å². The summed E-state index contributed by atoms with van der Waals surface area (Å²) in [5.74, 6) is -0.130. The van der Waals surface area contributed by atoms with Crippen molar-refractivity contribution in [2.75, 3.05) is 14.1 Å². The van der Waals surface area contributed by atoms with Gasteiger partial charge in [0, 0.05) is 31.2 Å². The molecule has 0 saturated carbocycles. The summed E-state index contributed by atoms with van der Waals surface area (Å²) in [4.78, 5) is 7.04. The van der Waals surface area contributed by atoms with E-state index >= 15 is 0 Å². The lowest BCUT2D eigenvalue weighted by Crippen LogP contribution is -2.27. The van der Waals surface area contributed by atoms with Gasteiger partial charge in [0.15, 0.2) is 5.92 Å². The Hall–Kier alpha value is -6.97. The summed E-state index contributed by atoms with van der Waals surface area (Å²) in [6.07, 6.45) is 11.8. The molecule has 1 aliphatic carbocycles. The Morgan fingerprint density at radius 1 is 0.776 bits per heavy atom. The Kier molecular flexibility index (Phi) is 13.6. The maximum atomic E-state index is 10.1. The van der Waals surface area contributed by atoms with Crippen molar-refractivity contribution in [3.63, 3.8) is 0 Å². The predicted octanol–water partition coefficient (Wildman–Crippen LogP) is 8.28. The van der Waals surface area contributed by atoms with E-state index in [0.29, 0.717) is 29.5 Å². The molecule has 8 nitrogen and oxygen atoms in total. The highest BCUT2D eigenvalue weighted by Crippen LogP contribution is 2.35. The zero-order valence-corrected chi connectivity index (χ0v) is 27.9. The van der Waals surface area contributed by atoms with Crippen molar-refractivity contribution in [1.29, 1.82) is 31.6 Å². The lowest BCUT2D eigenvalue weighted by molar-refractivity contribution is 0.574. The Balaban J connectivity index is 2.17. The van der Waals surface area contributed by atoms with Gasteiger partial charge in [-0.15, -0.1) is 0 Å². The lowest BCUT2D eigenvalue weighted by Gasteiger charge is -2.20. The fourth-order valence-corrected chi connectivity index (χ4v) is 5.35. The summed E-state index contributed by atoms with van der Waals surface area (Å²) < 4.78 is 0. The molecule has 0 bridgehead atoms. The van der Waals surface area contributed by atoms with Crippen LogP contribution in [-0.4, -0.2) is 24.8 Å². The molecular formula is C41H34N8. The molecule has 0 spiro atoms. The van der Waals surface area contributed by atoms with Crippen LogP contribution in [-0.2, 0) is 0 Å². The molecule has 0 aliphatic heterocycles. The van der Waals surface area contributed by atoms with Crippen LogP contribution in [0.4, 0.5) is 0 Å². The highest BCUT2D eigenvalue weighted by molar-refractivity contribution is 5.89. The van der Waals surface area contributed by atoms with Crippen molar-refractivity contribution >= 4 is 17.0 Å². The normalized spacial score (nSPS) is 14.6. The summed E-state index contributed by atoms with van der Waals surface area (Å²) in [5, 5.41) is 58.7. The van der Waals surface area contributed by atoms with E-state index in [1.54, 1.807) is 72.8 Å². The van der Waals surface area contributed by atoms with E-state index in [-0.39, 0.29) is 28.2 Å². The molecule has 0 saturated heterocycles. The third-order valence-corrected chi connectivity index (χ3v) is 7.56. The van der Waals surface area contributed by atoms with Gasteiger partial charge in [-0.05, 0) is 47.3 Å². The fourth-order valence-electron chi connectivity index (χ4n) is 5.35. The van der Waals surface area contributed by atoms with Gasteiger partial charge in [0.1, 0.15) is 23.5 Å². The highest BCUT2D eigenvalue weighted by Gasteiger charge is 2.21. The number of hydrogen-bond donors (Lipinski definition) is 0. The van der Waals surface area contributed by atoms with Crippen molar-refractivity contribution in [3.8, 4) is 36.4 Å². The van der Waals surface area contributed by atoms with E-state index < -0.39 is 5.92 Å². The van der Waals surface area contributed by atoms with Crippen molar-refractivity contribution in [2.45, 2.75) is 26.7 Å². The molecule has 3 rings (SSSR count). The number of amidine groups is 1. The second kappa shape index (κ2) is 18.2. The SMILES string of the molecule is CC(C)C(=NC1=C(/C=C/C=C(\C#N)C(=C(C#N)C#N)c2ccccc2)CC\C1=C/C=C/C(C#N)=C(\c1ccccc1)C(C#N)C#N)N(C)C. The maximum Gasteiger partial charge on any atom is 0.160 e. The molecule has 2 aromatic carbocycles. The van der Waals surface area contributed by atoms with Crippen molar-refractivity contribution in [3.05, 3.63) is 142 Å². The smallest absolute Gasteiger partial charge is 0.160 e. The van der Waals surface area contributed by atoms with Gasteiger partial charge >= 0.3 is 0 Å². The Labute approximate surface area is 288 Å². The molecule has 0 aromatic heterocycles. The van der Waals surface area contributed by atoms with E-state index in [2.05, 4.69) is 26.0 Å². The van der Waals surface area contributed by atoms with Crippen LogP contribution in [0.5, 0.6) is 0 Å². The molecule has 0 radical (unpaired) electrons. The van der Waals surface area contributed by atoms with E-state index in [0.717, 1.165) is 22.7 Å². The summed E-state index contributed by atoms with van der Waals surface area (Å²) >= 11 is 0. The van der Waals surface area contributed by atoms with Gasteiger partial charge in [-0.2, -0.15) is 31.6 Å². The molecule has 49 heavy (non-hydrogen) atoms. The van der Waals surface area contributed by atoms with Crippen LogP contribution in [0.25, 0.3) is 11.1 Å². The number of benzene rings is 2. The first kappa shape index (κ1) is 36.5. The zero-order chi connectivity index (χ0) is 35.8. The number of nitrogens with zero attached hydrogens (tertiary/aromatic N) is 8. The molecule has 2 aromatic rings. The molecule has 8 heteroatoms. The minimum atomic E-state index is -1.12. The molecule has 238 valence electrons. The number of hydrogen-bond acceptors (Lipinski definition) is 7. The van der Waals surface area contributed by atoms with Gasteiger partial charge in [-0.3, -0.25) is 0 Å². The molecule has 0 N–H and O–H groups in total. The van der Waals surface area contributed by atoms with Crippen LogP contribution in [0.2, 0.25) is 0 Å². The zero-order valence-electron chi connectivity index (χ0n) is 27.9. The van der Waals surface area contributed by atoms with Crippen molar-refractivity contribution in [1.82, 2.24) is 4.90 Å². The number of aliphatic imine (C=N–C) groups is 1. The molecular weight excluding hydrogens is 605 g/mol. The Morgan fingerprint density at radius 2 is 1.39 bits per heavy atom. The van der Waals surface area contributed by atoms with E-state index in [4.69, 9.17) is 4.99 Å². The van der Waals surface area contributed by atoms with Crippen LogP contribution in [0.1, 0.15) is 37.8 Å². The van der Waals surface area contributed by atoms with Crippen LogP contribution >= 0.6 is 0 Å². The first-order chi connectivity index (χ1) is 23.7. The van der Waals surface area contributed by atoms with Gasteiger partial charge in [0.2, 0.25) is 0 Å². The first-order valence-electron chi connectivity index (χ1n) is 15.5. The van der Waals surface area contributed by atoms with E-state index in [1.807, 2.05) is 67.6 Å². The third kappa shape index (κ3) is 9.29. The minimum absolute atomic E-state index is 0.125. The first-order valence-corrected chi connectivity index (χ1v) is 15.5. The number of nitriles is 6. The van der Waals surface area contributed by atoms with Gasteiger partial charge in [-0.25, -0.2) is 4.99 Å². The molecule has 0 amide bonds. The number of allylic oxidation sites excluding steroid dienone is 13. The third-order valence-electron chi connectivity index (χ3n) is 7.56. The monoisotopic (exact) mass is 638 g/mol. The second-order valence-corrected chi connectivity index (χ2v) is 11.3. The maximum absolute atomic E-state index is 10.1. The standard InChI is InChI=1S/C41H34N8/c1-29(2)41(49(3)4)48-40-32(17-11-19-34(23-42)38(36(25-44)26-45)30-13-7-5-8-14-30)21-22-33(40)18-12-20-35(24-43)39(37(27-46)28-47)31-15-9-6-10-16-31/h5-20,29,36H,21-22H2,1-4H3/b18-12+,19-11+,32-17+,35-20+,38-34-,48-41?. The number of rotatable bonds is 10. The van der Waals surface area contributed by atoms with Crippen molar-refractivity contribution in [2.24, 2.45) is 16.8 Å². The molecule has 1 aliphatic rings. The van der Waals surface area contributed by atoms with Crippen LogP contribution in [0, 0.1) is 79.8 Å². The quantitative estimate of drug-likeness (QED) is 0.110. The van der Waals surface area contributed by atoms with Crippen LogP contribution in [0.3, 0.4) is 0 Å².